The van der Waals surface area contributed by atoms with E-state index in [0.29, 0.717) is 17.8 Å². The van der Waals surface area contributed by atoms with Gasteiger partial charge in [0, 0.05) is 0 Å². The highest BCUT2D eigenvalue weighted by Crippen LogP contribution is 2.34. The zero-order valence-electron chi connectivity index (χ0n) is 9.58. The second-order valence-electron chi connectivity index (χ2n) is 4.60. The summed E-state index contributed by atoms with van der Waals surface area (Å²) in [6.07, 6.45) is 7.29. The number of hydrogen-bond donors (Lipinski definition) is 0. The van der Waals surface area contributed by atoms with E-state index in [4.69, 9.17) is 0 Å². The van der Waals surface area contributed by atoms with E-state index in [2.05, 4.69) is 32.9 Å². The molecular formula is C13H20O. The van der Waals surface area contributed by atoms with Crippen molar-refractivity contribution < 1.29 is 4.79 Å². The van der Waals surface area contributed by atoms with Gasteiger partial charge in [-0.25, -0.2) is 0 Å². The minimum Gasteiger partial charge on any atom is -0.295 e. The average Bonchev–Trinajstić information content (AvgIpc) is 2.01. The maximum absolute atomic E-state index is 10.9. The van der Waals surface area contributed by atoms with Crippen LogP contribution in [0.1, 0.15) is 34.1 Å². The molecule has 0 radical (unpaired) electrons. The van der Waals surface area contributed by atoms with Gasteiger partial charge in [-0.05, 0) is 44.1 Å². The van der Waals surface area contributed by atoms with Gasteiger partial charge in [-0.15, -0.1) is 0 Å². The monoisotopic (exact) mass is 192 g/mol. The number of carbonyl (C=O) groups is 1. The number of hydrogen-bond acceptors (Lipinski definition) is 1. The molecule has 3 atom stereocenters. The Hall–Kier alpha value is -0.850. The first kappa shape index (κ1) is 11.2. The Kier molecular flexibility index (Phi) is 3.68. The van der Waals surface area contributed by atoms with E-state index in [0.717, 1.165) is 6.42 Å². The fourth-order valence-electron chi connectivity index (χ4n) is 2.40. The van der Waals surface area contributed by atoms with Crippen LogP contribution in [0.15, 0.2) is 23.8 Å². The van der Waals surface area contributed by atoms with Gasteiger partial charge in [0.25, 0.3) is 0 Å². The Morgan fingerprint density at radius 2 is 2.14 bits per heavy atom. The number of ketones is 1. The van der Waals surface area contributed by atoms with Gasteiger partial charge in [0.1, 0.15) is 0 Å². The van der Waals surface area contributed by atoms with Crippen molar-refractivity contribution in [1.29, 1.82) is 0 Å². The van der Waals surface area contributed by atoms with Crippen LogP contribution in [0.5, 0.6) is 0 Å². The highest BCUT2D eigenvalue weighted by atomic mass is 16.1. The van der Waals surface area contributed by atoms with E-state index in [9.17, 15) is 4.79 Å². The number of allylic oxidation sites excluding steroid dienone is 4. The van der Waals surface area contributed by atoms with E-state index in [1.165, 1.54) is 5.57 Å². The first-order valence-corrected chi connectivity index (χ1v) is 5.36. The van der Waals surface area contributed by atoms with Gasteiger partial charge in [0.2, 0.25) is 0 Å². The van der Waals surface area contributed by atoms with Crippen molar-refractivity contribution in [1.82, 2.24) is 0 Å². The van der Waals surface area contributed by atoms with Gasteiger partial charge < -0.3 is 0 Å². The Bertz CT molecular complexity index is 273. The summed E-state index contributed by atoms with van der Waals surface area (Å²) in [4.78, 5) is 10.9. The second kappa shape index (κ2) is 4.59. The summed E-state index contributed by atoms with van der Waals surface area (Å²) in [5, 5.41) is 0. The standard InChI is InChI=1S/C13H20O/c1-9-7-10(2)13(11(3)8-9)6-5-12(4)14/h5-7,10-11,13H,8H2,1-4H3/b6-5+/t10-,11+,13+/m1/s1. The molecule has 1 aliphatic carbocycles. The summed E-state index contributed by atoms with van der Waals surface area (Å²) in [7, 11) is 0. The normalized spacial score (nSPS) is 33.1. The molecule has 0 aromatic heterocycles. The highest BCUT2D eigenvalue weighted by Gasteiger charge is 2.24. The first-order chi connectivity index (χ1) is 6.50. The molecular weight excluding hydrogens is 172 g/mol. The van der Waals surface area contributed by atoms with Gasteiger partial charge in [0.05, 0.1) is 0 Å². The molecule has 0 fully saturated rings. The van der Waals surface area contributed by atoms with Crippen LogP contribution in [0.3, 0.4) is 0 Å². The van der Waals surface area contributed by atoms with Crippen LogP contribution >= 0.6 is 0 Å². The Balaban J connectivity index is 2.74. The summed E-state index contributed by atoms with van der Waals surface area (Å²) in [6, 6.07) is 0. The second-order valence-corrected chi connectivity index (χ2v) is 4.60. The van der Waals surface area contributed by atoms with Gasteiger partial charge >= 0.3 is 0 Å². The van der Waals surface area contributed by atoms with Crippen molar-refractivity contribution in [2.75, 3.05) is 0 Å². The van der Waals surface area contributed by atoms with Crippen LogP contribution in [0, 0.1) is 17.8 Å². The molecule has 0 unspecified atom stereocenters. The van der Waals surface area contributed by atoms with Gasteiger partial charge in [-0.3, -0.25) is 4.79 Å². The summed E-state index contributed by atoms with van der Waals surface area (Å²) >= 11 is 0. The van der Waals surface area contributed by atoms with Crippen LogP contribution in [0.25, 0.3) is 0 Å². The Morgan fingerprint density at radius 1 is 1.50 bits per heavy atom. The number of rotatable bonds is 2. The lowest BCUT2D eigenvalue weighted by molar-refractivity contribution is -0.112. The molecule has 0 saturated heterocycles. The molecule has 1 aliphatic rings. The maximum Gasteiger partial charge on any atom is 0.152 e. The Labute approximate surface area is 86.9 Å². The van der Waals surface area contributed by atoms with Crippen LogP contribution < -0.4 is 0 Å². The van der Waals surface area contributed by atoms with Gasteiger partial charge in [0.15, 0.2) is 5.78 Å². The molecule has 0 N–H and O–H groups in total. The molecule has 1 heteroatoms. The lowest BCUT2D eigenvalue weighted by atomic mass is 9.75. The molecule has 0 spiro atoms. The van der Waals surface area contributed by atoms with Crippen molar-refractivity contribution in [2.24, 2.45) is 17.8 Å². The average molecular weight is 192 g/mol. The van der Waals surface area contributed by atoms with Crippen LogP contribution in [0.4, 0.5) is 0 Å². The fraction of sp³-hybridized carbons (Fsp3) is 0.615. The summed E-state index contributed by atoms with van der Waals surface area (Å²) < 4.78 is 0. The molecule has 0 aromatic carbocycles. The predicted octanol–water partition coefficient (Wildman–Crippen LogP) is 3.37. The zero-order chi connectivity index (χ0) is 10.7. The molecule has 1 rings (SSSR count). The minimum absolute atomic E-state index is 0.149. The fourth-order valence-corrected chi connectivity index (χ4v) is 2.40. The van der Waals surface area contributed by atoms with Crippen molar-refractivity contribution in [3.63, 3.8) is 0 Å². The van der Waals surface area contributed by atoms with Crippen LogP contribution in [-0.4, -0.2) is 5.78 Å². The topological polar surface area (TPSA) is 17.1 Å². The summed E-state index contributed by atoms with van der Waals surface area (Å²) in [6.45, 7) is 8.30. The Morgan fingerprint density at radius 3 is 2.64 bits per heavy atom. The van der Waals surface area contributed by atoms with E-state index in [-0.39, 0.29) is 5.78 Å². The third-order valence-electron chi connectivity index (χ3n) is 3.01. The predicted molar refractivity (Wildman–Crippen MR) is 60.0 cm³/mol. The summed E-state index contributed by atoms with van der Waals surface area (Å²) in [5.74, 6) is 1.90. The van der Waals surface area contributed by atoms with E-state index in [1.807, 2.05) is 0 Å². The molecule has 14 heavy (non-hydrogen) atoms. The van der Waals surface area contributed by atoms with E-state index < -0.39 is 0 Å². The van der Waals surface area contributed by atoms with E-state index >= 15 is 0 Å². The minimum atomic E-state index is 0.149. The zero-order valence-corrected chi connectivity index (χ0v) is 9.58. The SMILES string of the molecule is CC(=O)/C=C/[C@H]1[C@H](C)C=C(C)C[C@@H]1C. The third kappa shape index (κ3) is 2.83. The quantitative estimate of drug-likeness (QED) is 0.484. The van der Waals surface area contributed by atoms with Gasteiger partial charge in [-0.1, -0.05) is 31.6 Å². The lowest BCUT2D eigenvalue weighted by Crippen LogP contribution is -2.21. The molecule has 0 aliphatic heterocycles. The third-order valence-corrected chi connectivity index (χ3v) is 3.01. The molecule has 0 bridgehead atoms. The smallest absolute Gasteiger partial charge is 0.152 e. The molecule has 1 nitrogen and oxygen atoms in total. The van der Waals surface area contributed by atoms with Crippen molar-refractivity contribution in [3.05, 3.63) is 23.8 Å². The van der Waals surface area contributed by atoms with Gasteiger partial charge in [-0.2, -0.15) is 0 Å². The lowest BCUT2D eigenvalue weighted by Gasteiger charge is -2.30. The van der Waals surface area contributed by atoms with Crippen LogP contribution in [0.2, 0.25) is 0 Å². The molecule has 78 valence electrons. The van der Waals surface area contributed by atoms with Crippen molar-refractivity contribution in [2.45, 2.75) is 34.1 Å². The molecule has 0 saturated carbocycles. The van der Waals surface area contributed by atoms with Crippen LogP contribution in [-0.2, 0) is 4.79 Å². The summed E-state index contributed by atoms with van der Waals surface area (Å²) in [5.41, 5.74) is 1.48. The highest BCUT2D eigenvalue weighted by molar-refractivity contribution is 5.87. The van der Waals surface area contributed by atoms with Crippen molar-refractivity contribution >= 4 is 5.78 Å². The van der Waals surface area contributed by atoms with E-state index in [1.54, 1.807) is 13.0 Å². The number of carbonyl (C=O) groups excluding carboxylic acids is 1. The van der Waals surface area contributed by atoms with Crippen molar-refractivity contribution in [3.8, 4) is 0 Å². The maximum atomic E-state index is 10.9. The molecule has 0 aromatic rings. The molecule has 0 amide bonds. The largest absolute Gasteiger partial charge is 0.295 e. The molecule has 0 heterocycles. The first-order valence-electron chi connectivity index (χ1n) is 5.36.